The molecule has 0 N–H and O–H groups in total. The summed E-state index contributed by atoms with van der Waals surface area (Å²) in [6.45, 7) is 3.57. The Morgan fingerprint density at radius 1 is 1.18 bits per heavy atom. The van der Waals surface area contributed by atoms with E-state index in [-0.39, 0.29) is 47.9 Å². The van der Waals surface area contributed by atoms with Crippen molar-refractivity contribution in [3.05, 3.63) is 12.2 Å². The van der Waals surface area contributed by atoms with Crippen LogP contribution in [0.15, 0.2) is 12.2 Å². The highest BCUT2D eigenvalue weighted by molar-refractivity contribution is 6.08. The first-order valence-corrected chi connectivity index (χ1v) is 8.37. The van der Waals surface area contributed by atoms with Gasteiger partial charge in [-0.05, 0) is 37.0 Å². The van der Waals surface area contributed by atoms with Gasteiger partial charge in [-0.15, -0.1) is 0 Å². The average Bonchev–Trinajstić information content (AvgIpc) is 3.17. The van der Waals surface area contributed by atoms with Crippen LogP contribution in [0.25, 0.3) is 0 Å². The number of likely N-dealkylation sites (tertiary alicyclic amines) is 2. The number of carbonyl (C=O) groups is 3. The van der Waals surface area contributed by atoms with Crippen LogP contribution in [0.3, 0.4) is 0 Å². The zero-order valence-corrected chi connectivity index (χ0v) is 12.9. The number of carbonyl (C=O) groups excluding carboxylic acids is 3. The van der Waals surface area contributed by atoms with E-state index in [4.69, 9.17) is 0 Å². The number of fused-ring (bicyclic) bond motifs is 5. The van der Waals surface area contributed by atoms with Gasteiger partial charge >= 0.3 is 0 Å². The highest BCUT2D eigenvalue weighted by Crippen LogP contribution is 2.52. The molecule has 2 saturated heterocycles. The van der Waals surface area contributed by atoms with Crippen molar-refractivity contribution in [3.8, 4) is 0 Å². The maximum absolute atomic E-state index is 12.6. The summed E-state index contributed by atoms with van der Waals surface area (Å²) in [6, 6.07) is 0. The van der Waals surface area contributed by atoms with Crippen LogP contribution in [0.4, 0.5) is 0 Å². The van der Waals surface area contributed by atoms with Crippen molar-refractivity contribution in [2.45, 2.75) is 26.2 Å². The third kappa shape index (κ3) is 1.94. The Morgan fingerprint density at radius 2 is 1.82 bits per heavy atom. The van der Waals surface area contributed by atoms with Crippen LogP contribution in [-0.2, 0) is 14.4 Å². The lowest BCUT2D eigenvalue weighted by Crippen LogP contribution is -2.46. The van der Waals surface area contributed by atoms with E-state index in [0.717, 1.165) is 32.4 Å². The molecule has 2 bridgehead atoms. The Labute approximate surface area is 130 Å². The molecule has 1 saturated carbocycles. The summed E-state index contributed by atoms with van der Waals surface area (Å²) in [6.07, 6.45) is 7.24. The summed E-state index contributed by atoms with van der Waals surface area (Å²) in [4.78, 5) is 40.6. The average molecular weight is 302 g/mol. The largest absolute Gasteiger partial charge is 0.341 e. The highest BCUT2D eigenvalue weighted by atomic mass is 16.2. The maximum atomic E-state index is 12.6. The van der Waals surface area contributed by atoms with Crippen LogP contribution in [0.1, 0.15) is 26.2 Å². The van der Waals surface area contributed by atoms with Crippen LogP contribution in [0.5, 0.6) is 0 Å². The molecule has 3 amide bonds. The predicted octanol–water partition coefficient (Wildman–Crippen LogP) is 1.05. The van der Waals surface area contributed by atoms with Gasteiger partial charge in [0.05, 0.1) is 11.8 Å². The maximum Gasteiger partial charge on any atom is 0.242 e. The molecule has 0 unspecified atom stereocenters. The second-order valence-corrected chi connectivity index (χ2v) is 7.35. The summed E-state index contributed by atoms with van der Waals surface area (Å²) < 4.78 is 0. The van der Waals surface area contributed by atoms with Crippen LogP contribution in [0, 0.1) is 29.6 Å². The molecule has 0 aromatic carbocycles. The molecule has 4 aliphatic rings. The molecular weight excluding hydrogens is 280 g/mol. The molecule has 0 spiro atoms. The molecule has 5 nitrogen and oxygen atoms in total. The molecule has 118 valence electrons. The van der Waals surface area contributed by atoms with Gasteiger partial charge in [-0.2, -0.15) is 0 Å². The first-order valence-electron chi connectivity index (χ1n) is 8.37. The SMILES string of the molecule is C[C@H]1CCCN(C(=O)CN2C(=O)[C@@H]3[C@@H](C2=O)[C@H]2C=C[C@H]3C2)C1. The molecule has 4 rings (SSSR count). The normalized spacial score (nSPS) is 39.8. The minimum atomic E-state index is -0.199. The third-order valence-electron chi connectivity index (χ3n) is 5.86. The number of amides is 3. The quantitative estimate of drug-likeness (QED) is 0.566. The van der Waals surface area contributed by atoms with Crippen LogP contribution in [0.2, 0.25) is 0 Å². The summed E-state index contributed by atoms with van der Waals surface area (Å²) in [5.74, 6) is 0.209. The fourth-order valence-electron chi connectivity index (χ4n) is 4.77. The van der Waals surface area contributed by atoms with Gasteiger partial charge < -0.3 is 4.90 Å². The van der Waals surface area contributed by atoms with E-state index in [1.807, 2.05) is 4.90 Å². The van der Waals surface area contributed by atoms with E-state index < -0.39 is 0 Å². The molecule has 5 atom stereocenters. The highest BCUT2D eigenvalue weighted by Gasteiger charge is 2.59. The lowest BCUT2D eigenvalue weighted by atomic mass is 9.85. The minimum absolute atomic E-state index is 0.0587. The number of rotatable bonds is 2. The Kier molecular flexibility index (Phi) is 3.13. The second-order valence-electron chi connectivity index (χ2n) is 7.35. The molecule has 22 heavy (non-hydrogen) atoms. The van der Waals surface area contributed by atoms with Crippen molar-refractivity contribution in [2.75, 3.05) is 19.6 Å². The summed E-state index contributed by atoms with van der Waals surface area (Å²) in [7, 11) is 0. The van der Waals surface area contributed by atoms with Gasteiger partial charge in [0.2, 0.25) is 17.7 Å². The Balaban J connectivity index is 1.47. The predicted molar refractivity (Wildman–Crippen MR) is 79.4 cm³/mol. The summed E-state index contributed by atoms with van der Waals surface area (Å²) >= 11 is 0. The fraction of sp³-hybridized carbons (Fsp3) is 0.706. The van der Waals surface area contributed by atoms with E-state index in [2.05, 4.69) is 19.1 Å². The van der Waals surface area contributed by atoms with Crippen molar-refractivity contribution in [1.29, 1.82) is 0 Å². The van der Waals surface area contributed by atoms with Gasteiger partial charge in [0.15, 0.2) is 0 Å². The molecule has 0 aromatic rings. The molecule has 5 heteroatoms. The van der Waals surface area contributed by atoms with Crippen LogP contribution >= 0.6 is 0 Å². The first kappa shape index (κ1) is 14.0. The van der Waals surface area contributed by atoms with Crippen molar-refractivity contribution >= 4 is 17.7 Å². The van der Waals surface area contributed by atoms with E-state index in [1.165, 1.54) is 4.90 Å². The molecular formula is C17H22N2O3. The second kappa shape index (κ2) is 4.93. The molecule has 0 aromatic heterocycles. The lowest BCUT2D eigenvalue weighted by Gasteiger charge is -2.32. The Morgan fingerprint density at radius 3 is 2.41 bits per heavy atom. The zero-order valence-electron chi connectivity index (χ0n) is 12.9. The standard InChI is InChI=1S/C17H22N2O3/c1-10-3-2-6-18(8-10)13(20)9-19-16(21)14-11-4-5-12(7-11)15(14)17(19)22/h4-5,10-12,14-15H,2-3,6-9H2,1H3/t10-,11-,12-,14-,15-/m0/s1. The number of nitrogens with zero attached hydrogens (tertiary/aromatic N) is 2. The minimum Gasteiger partial charge on any atom is -0.341 e. The van der Waals surface area contributed by atoms with Gasteiger partial charge in [0.25, 0.3) is 0 Å². The molecule has 2 heterocycles. The van der Waals surface area contributed by atoms with Gasteiger partial charge in [-0.25, -0.2) is 0 Å². The molecule has 3 fully saturated rings. The number of imide groups is 1. The number of allylic oxidation sites excluding steroid dienone is 2. The van der Waals surface area contributed by atoms with Crippen molar-refractivity contribution in [2.24, 2.45) is 29.6 Å². The van der Waals surface area contributed by atoms with E-state index in [0.29, 0.717) is 5.92 Å². The summed E-state index contributed by atoms with van der Waals surface area (Å²) in [5.41, 5.74) is 0. The van der Waals surface area contributed by atoms with Crippen molar-refractivity contribution < 1.29 is 14.4 Å². The topological polar surface area (TPSA) is 57.7 Å². The first-order chi connectivity index (χ1) is 10.6. The van der Waals surface area contributed by atoms with Gasteiger partial charge in [0.1, 0.15) is 6.54 Å². The fourth-order valence-corrected chi connectivity index (χ4v) is 4.77. The van der Waals surface area contributed by atoms with Crippen molar-refractivity contribution in [1.82, 2.24) is 9.80 Å². The monoisotopic (exact) mass is 302 g/mol. The van der Waals surface area contributed by atoms with Gasteiger partial charge in [-0.3, -0.25) is 19.3 Å². The third-order valence-corrected chi connectivity index (χ3v) is 5.86. The number of piperidine rings is 1. The van der Waals surface area contributed by atoms with Gasteiger partial charge in [0, 0.05) is 13.1 Å². The molecule has 2 aliphatic heterocycles. The van der Waals surface area contributed by atoms with E-state index in [1.54, 1.807) is 0 Å². The Hall–Kier alpha value is -1.65. The molecule has 2 aliphatic carbocycles. The van der Waals surface area contributed by atoms with Crippen LogP contribution in [-0.4, -0.2) is 47.2 Å². The lowest BCUT2D eigenvalue weighted by molar-refractivity contribution is -0.147. The van der Waals surface area contributed by atoms with E-state index in [9.17, 15) is 14.4 Å². The van der Waals surface area contributed by atoms with E-state index >= 15 is 0 Å². The van der Waals surface area contributed by atoms with Crippen molar-refractivity contribution in [3.63, 3.8) is 0 Å². The number of hydrogen-bond acceptors (Lipinski definition) is 3. The Bertz CT molecular complexity index is 540. The van der Waals surface area contributed by atoms with Gasteiger partial charge in [-0.1, -0.05) is 19.1 Å². The van der Waals surface area contributed by atoms with Crippen LogP contribution < -0.4 is 0 Å². The molecule has 0 radical (unpaired) electrons. The number of hydrogen-bond donors (Lipinski definition) is 0. The zero-order chi connectivity index (χ0) is 15.4. The smallest absolute Gasteiger partial charge is 0.242 e. The summed E-state index contributed by atoms with van der Waals surface area (Å²) in [5, 5.41) is 0.